The zero-order chi connectivity index (χ0) is 16.3. The van der Waals surface area contributed by atoms with Crippen molar-refractivity contribution in [2.24, 2.45) is 0 Å². The minimum absolute atomic E-state index is 0.231. The highest BCUT2D eigenvalue weighted by molar-refractivity contribution is 9.10. The summed E-state index contributed by atoms with van der Waals surface area (Å²) in [5.41, 5.74) is 1.66. The number of rotatable bonds is 4. The first-order valence-electron chi connectivity index (χ1n) is 6.38. The lowest BCUT2D eigenvalue weighted by atomic mass is 10.2. The van der Waals surface area contributed by atoms with Gasteiger partial charge >= 0.3 is 0 Å². The van der Waals surface area contributed by atoms with E-state index < -0.39 is 10.0 Å². The van der Waals surface area contributed by atoms with E-state index >= 15 is 0 Å². The van der Waals surface area contributed by atoms with Crippen LogP contribution in [0.4, 0.5) is 11.4 Å². The Morgan fingerprint density at radius 3 is 2.32 bits per heavy atom. The molecule has 0 radical (unpaired) electrons. The van der Waals surface area contributed by atoms with Crippen molar-refractivity contribution in [3.8, 4) is 0 Å². The number of nitrogens with one attached hydrogen (secondary N) is 1. The maximum absolute atomic E-state index is 12.1. The minimum Gasteiger partial charge on any atom is -0.322 e. The number of nitrogens with zero attached hydrogens (tertiary/aromatic N) is 1. The smallest absolute Gasteiger partial charge is 0.255 e. The number of hydrogen-bond acceptors (Lipinski definition) is 3. The van der Waals surface area contributed by atoms with Gasteiger partial charge in [0.2, 0.25) is 10.0 Å². The fraction of sp³-hybridized carbons (Fsp3) is 0.133. The summed E-state index contributed by atoms with van der Waals surface area (Å²) in [5, 5.41) is 2.76. The second-order valence-electron chi connectivity index (χ2n) is 4.74. The molecular weight excluding hydrogens is 368 g/mol. The van der Waals surface area contributed by atoms with Crippen LogP contribution in [0.1, 0.15) is 10.4 Å². The van der Waals surface area contributed by atoms with Gasteiger partial charge < -0.3 is 5.32 Å². The van der Waals surface area contributed by atoms with Crippen molar-refractivity contribution in [1.82, 2.24) is 0 Å². The number of amides is 1. The zero-order valence-electron chi connectivity index (χ0n) is 12.1. The topological polar surface area (TPSA) is 66.5 Å². The fourth-order valence-corrected chi connectivity index (χ4v) is 2.68. The first-order chi connectivity index (χ1) is 10.3. The average Bonchev–Trinajstić information content (AvgIpc) is 2.46. The largest absolute Gasteiger partial charge is 0.322 e. The van der Waals surface area contributed by atoms with Crippen molar-refractivity contribution in [1.29, 1.82) is 0 Å². The summed E-state index contributed by atoms with van der Waals surface area (Å²) < 4.78 is 24.9. The Labute approximate surface area is 138 Å². The van der Waals surface area contributed by atoms with Crippen molar-refractivity contribution in [3.63, 3.8) is 0 Å². The van der Waals surface area contributed by atoms with Crippen LogP contribution in [0.5, 0.6) is 0 Å². The van der Waals surface area contributed by atoms with Gasteiger partial charge in [-0.15, -0.1) is 0 Å². The molecule has 0 aromatic heterocycles. The van der Waals surface area contributed by atoms with E-state index in [2.05, 4.69) is 21.2 Å². The van der Waals surface area contributed by atoms with Crippen molar-refractivity contribution < 1.29 is 13.2 Å². The standard InChI is InChI=1S/C15H15BrN2O3S/c1-18(22(2,20)21)14-8-6-13(7-9-14)17-15(19)11-4-3-5-12(16)10-11/h3-10H,1-2H3,(H,17,19). The number of hydrogen-bond donors (Lipinski definition) is 1. The van der Waals surface area contributed by atoms with Crippen LogP contribution in [0, 0.1) is 0 Å². The summed E-state index contributed by atoms with van der Waals surface area (Å²) in [6, 6.07) is 13.7. The molecule has 2 aromatic carbocycles. The molecule has 2 aromatic rings. The number of carbonyl (C=O) groups excluding carboxylic acids is 1. The Hall–Kier alpha value is -1.86. The number of benzene rings is 2. The number of anilines is 2. The van der Waals surface area contributed by atoms with Gasteiger partial charge in [0.1, 0.15) is 0 Å². The van der Waals surface area contributed by atoms with Crippen molar-refractivity contribution >= 4 is 43.2 Å². The molecule has 5 nitrogen and oxygen atoms in total. The first-order valence-corrected chi connectivity index (χ1v) is 9.02. The maximum Gasteiger partial charge on any atom is 0.255 e. The molecule has 0 unspecified atom stereocenters. The third-order valence-electron chi connectivity index (χ3n) is 3.07. The Balaban J connectivity index is 2.13. The van der Waals surface area contributed by atoms with Crippen LogP contribution in [-0.2, 0) is 10.0 Å². The van der Waals surface area contributed by atoms with Crippen molar-refractivity contribution in [2.75, 3.05) is 22.9 Å². The van der Waals surface area contributed by atoms with Gasteiger partial charge in [-0.2, -0.15) is 0 Å². The second kappa shape index (κ2) is 6.50. The van der Waals surface area contributed by atoms with E-state index in [1.807, 2.05) is 6.07 Å². The van der Waals surface area contributed by atoms with Crippen LogP contribution >= 0.6 is 15.9 Å². The molecule has 0 aliphatic heterocycles. The van der Waals surface area contributed by atoms with E-state index in [9.17, 15) is 13.2 Å². The summed E-state index contributed by atoms with van der Waals surface area (Å²) in [7, 11) is -1.82. The molecule has 0 spiro atoms. The molecule has 0 saturated carbocycles. The van der Waals surface area contributed by atoms with Crippen molar-refractivity contribution in [2.45, 2.75) is 0 Å². The fourth-order valence-electron chi connectivity index (χ4n) is 1.78. The third-order valence-corrected chi connectivity index (χ3v) is 4.77. The summed E-state index contributed by atoms with van der Waals surface area (Å²) in [6.07, 6.45) is 1.13. The normalized spacial score (nSPS) is 11.0. The van der Waals surface area contributed by atoms with Gasteiger partial charge in [-0.25, -0.2) is 8.42 Å². The minimum atomic E-state index is -3.30. The lowest BCUT2D eigenvalue weighted by Crippen LogP contribution is -2.24. The first kappa shape index (κ1) is 16.5. The molecule has 1 N–H and O–H groups in total. The van der Waals surface area contributed by atoms with E-state index in [1.165, 1.54) is 11.4 Å². The molecular formula is C15H15BrN2O3S. The molecule has 7 heteroatoms. The molecule has 0 fully saturated rings. The highest BCUT2D eigenvalue weighted by Crippen LogP contribution is 2.20. The Kier molecular flexibility index (Phi) is 4.87. The lowest BCUT2D eigenvalue weighted by Gasteiger charge is -2.16. The van der Waals surface area contributed by atoms with Gasteiger partial charge in [-0.05, 0) is 42.5 Å². The molecule has 0 aliphatic rings. The summed E-state index contributed by atoms with van der Waals surface area (Å²) in [6.45, 7) is 0. The van der Waals surface area contributed by atoms with Gasteiger partial charge in [0, 0.05) is 22.8 Å². The SMILES string of the molecule is CN(c1ccc(NC(=O)c2cccc(Br)c2)cc1)S(C)(=O)=O. The number of carbonyl (C=O) groups is 1. The van der Waals surface area contributed by atoms with Crippen LogP contribution < -0.4 is 9.62 Å². The van der Waals surface area contributed by atoms with Gasteiger partial charge in [0.25, 0.3) is 5.91 Å². The molecule has 0 aliphatic carbocycles. The highest BCUT2D eigenvalue weighted by Gasteiger charge is 2.12. The van der Waals surface area contributed by atoms with Gasteiger partial charge in [0.05, 0.1) is 11.9 Å². The van der Waals surface area contributed by atoms with Crippen LogP contribution in [0.15, 0.2) is 53.0 Å². The van der Waals surface area contributed by atoms with E-state index in [0.717, 1.165) is 10.7 Å². The van der Waals surface area contributed by atoms with Crippen molar-refractivity contribution in [3.05, 3.63) is 58.6 Å². The Morgan fingerprint density at radius 1 is 1.14 bits per heavy atom. The Bertz CT molecular complexity index is 789. The third kappa shape index (κ3) is 4.08. The predicted molar refractivity (Wildman–Crippen MR) is 91.8 cm³/mol. The Morgan fingerprint density at radius 2 is 1.77 bits per heavy atom. The molecule has 2 rings (SSSR count). The molecule has 0 saturated heterocycles. The van der Waals surface area contributed by atoms with E-state index in [4.69, 9.17) is 0 Å². The summed E-state index contributed by atoms with van der Waals surface area (Å²) in [4.78, 5) is 12.1. The van der Waals surface area contributed by atoms with Crippen LogP contribution in [0.2, 0.25) is 0 Å². The number of sulfonamides is 1. The van der Waals surface area contributed by atoms with Gasteiger partial charge in [-0.3, -0.25) is 9.10 Å². The quantitative estimate of drug-likeness (QED) is 0.883. The summed E-state index contributed by atoms with van der Waals surface area (Å²) in [5.74, 6) is -0.231. The summed E-state index contributed by atoms with van der Waals surface area (Å²) >= 11 is 3.32. The zero-order valence-corrected chi connectivity index (χ0v) is 14.5. The lowest BCUT2D eigenvalue weighted by molar-refractivity contribution is 0.102. The second-order valence-corrected chi connectivity index (χ2v) is 7.67. The molecule has 0 bridgehead atoms. The molecule has 116 valence electrons. The molecule has 1 amide bonds. The van der Waals surface area contributed by atoms with Crippen LogP contribution in [-0.4, -0.2) is 27.6 Å². The van der Waals surface area contributed by atoms with Crippen LogP contribution in [0.25, 0.3) is 0 Å². The maximum atomic E-state index is 12.1. The predicted octanol–water partition coefficient (Wildman–Crippen LogP) is 3.10. The highest BCUT2D eigenvalue weighted by atomic mass is 79.9. The molecule has 22 heavy (non-hydrogen) atoms. The van der Waals surface area contributed by atoms with Crippen LogP contribution in [0.3, 0.4) is 0 Å². The molecule has 0 atom stereocenters. The molecule has 0 heterocycles. The van der Waals surface area contributed by atoms with E-state index in [0.29, 0.717) is 16.9 Å². The van der Waals surface area contributed by atoms with E-state index in [-0.39, 0.29) is 5.91 Å². The average molecular weight is 383 g/mol. The number of halogens is 1. The van der Waals surface area contributed by atoms with Gasteiger partial charge in [-0.1, -0.05) is 22.0 Å². The van der Waals surface area contributed by atoms with E-state index in [1.54, 1.807) is 42.5 Å². The van der Waals surface area contributed by atoms with Gasteiger partial charge in [0.15, 0.2) is 0 Å². The monoisotopic (exact) mass is 382 g/mol.